The second kappa shape index (κ2) is 9.40. The van der Waals surface area contributed by atoms with Crippen molar-refractivity contribution in [1.82, 2.24) is 25.3 Å². The number of aryl methyl sites for hydroxylation is 1. The highest BCUT2D eigenvalue weighted by molar-refractivity contribution is 5.94. The monoisotopic (exact) mass is 417 g/mol. The fourth-order valence-electron chi connectivity index (χ4n) is 3.06. The van der Waals surface area contributed by atoms with Gasteiger partial charge < -0.3 is 10.6 Å². The summed E-state index contributed by atoms with van der Waals surface area (Å²) >= 11 is 0. The molecular formula is C18H23ClF3N5O. The maximum atomic E-state index is 13.4. The summed E-state index contributed by atoms with van der Waals surface area (Å²) in [6.07, 6.45) is -2.60. The van der Waals surface area contributed by atoms with Crippen molar-refractivity contribution >= 4 is 18.3 Å². The van der Waals surface area contributed by atoms with Crippen molar-refractivity contribution in [2.24, 2.45) is 0 Å². The topological polar surface area (TPSA) is 62.2 Å². The van der Waals surface area contributed by atoms with E-state index in [1.807, 2.05) is 13.0 Å². The molecule has 1 aromatic carbocycles. The lowest BCUT2D eigenvalue weighted by molar-refractivity contribution is -0.183. The van der Waals surface area contributed by atoms with Gasteiger partial charge in [0.2, 0.25) is 0 Å². The van der Waals surface area contributed by atoms with Crippen molar-refractivity contribution in [1.29, 1.82) is 0 Å². The normalized spacial score (nSPS) is 16.3. The minimum absolute atomic E-state index is 0. The van der Waals surface area contributed by atoms with Crippen LogP contribution in [0.2, 0.25) is 0 Å². The molecule has 3 rings (SSSR count). The lowest BCUT2D eigenvalue weighted by atomic mass is 10.1. The van der Waals surface area contributed by atoms with Crippen molar-refractivity contribution in [2.75, 3.05) is 32.7 Å². The molecule has 1 aliphatic heterocycles. The van der Waals surface area contributed by atoms with Crippen LogP contribution in [0.4, 0.5) is 13.2 Å². The van der Waals surface area contributed by atoms with Gasteiger partial charge in [-0.3, -0.25) is 9.69 Å². The Balaban J connectivity index is 0.00000280. The number of nitrogens with one attached hydrogen (secondary N) is 2. The van der Waals surface area contributed by atoms with E-state index in [0.717, 1.165) is 11.4 Å². The number of piperazine rings is 1. The fourth-order valence-corrected chi connectivity index (χ4v) is 3.06. The average Bonchev–Trinajstić information content (AvgIpc) is 3.08. The second-order valence-corrected chi connectivity index (χ2v) is 6.50. The van der Waals surface area contributed by atoms with Gasteiger partial charge in [-0.2, -0.15) is 18.3 Å². The lowest BCUT2D eigenvalue weighted by Crippen LogP contribution is -2.57. The summed E-state index contributed by atoms with van der Waals surface area (Å²) in [6.45, 7) is 3.02. The minimum atomic E-state index is -4.40. The molecule has 10 heteroatoms. The molecule has 6 nitrogen and oxygen atoms in total. The molecule has 0 spiro atoms. The van der Waals surface area contributed by atoms with Crippen molar-refractivity contribution in [3.05, 3.63) is 47.8 Å². The van der Waals surface area contributed by atoms with Crippen LogP contribution in [0.25, 0.3) is 5.69 Å². The summed E-state index contributed by atoms with van der Waals surface area (Å²) in [4.78, 5) is 13.6. The largest absolute Gasteiger partial charge is 0.405 e. The van der Waals surface area contributed by atoms with Gasteiger partial charge in [-0.15, -0.1) is 12.4 Å². The zero-order chi connectivity index (χ0) is 19.4. The first kappa shape index (κ1) is 22.2. The predicted octanol–water partition coefficient (Wildman–Crippen LogP) is 2.17. The lowest BCUT2D eigenvalue weighted by Gasteiger charge is -2.35. The molecule has 28 heavy (non-hydrogen) atoms. The van der Waals surface area contributed by atoms with Crippen LogP contribution in [-0.2, 0) is 0 Å². The van der Waals surface area contributed by atoms with Crippen LogP contribution >= 0.6 is 12.4 Å². The Morgan fingerprint density at radius 3 is 2.39 bits per heavy atom. The SMILES string of the molecule is Cc1ccn(-c2ccc(C(=O)NCC(N3CCNCC3)C(F)(F)F)cc2)n1.Cl. The van der Waals surface area contributed by atoms with E-state index in [0.29, 0.717) is 31.7 Å². The van der Waals surface area contributed by atoms with E-state index in [-0.39, 0.29) is 12.4 Å². The van der Waals surface area contributed by atoms with E-state index in [1.165, 1.54) is 4.90 Å². The summed E-state index contributed by atoms with van der Waals surface area (Å²) in [5.74, 6) is -0.525. The van der Waals surface area contributed by atoms with Crippen LogP contribution in [0, 0.1) is 6.92 Å². The quantitative estimate of drug-likeness (QED) is 0.782. The van der Waals surface area contributed by atoms with E-state index >= 15 is 0 Å². The summed E-state index contributed by atoms with van der Waals surface area (Å²) in [5, 5.41) is 9.73. The third-order valence-corrected chi connectivity index (χ3v) is 4.54. The van der Waals surface area contributed by atoms with Crippen LogP contribution < -0.4 is 10.6 Å². The number of halogens is 4. The summed E-state index contributed by atoms with van der Waals surface area (Å²) in [6, 6.07) is 6.74. The van der Waals surface area contributed by atoms with Crippen LogP contribution in [0.1, 0.15) is 16.1 Å². The maximum absolute atomic E-state index is 13.4. The van der Waals surface area contributed by atoms with Crippen molar-refractivity contribution in [3.8, 4) is 5.69 Å². The Bertz CT molecular complexity index is 772. The highest BCUT2D eigenvalue weighted by atomic mass is 35.5. The van der Waals surface area contributed by atoms with Crippen LogP contribution in [-0.4, -0.2) is 65.5 Å². The molecular weight excluding hydrogens is 395 g/mol. The first-order valence-corrected chi connectivity index (χ1v) is 8.77. The van der Waals surface area contributed by atoms with E-state index in [2.05, 4.69) is 15.7 Å². The molecule has 2 heterocycles. The van der Waals surface area contributed by atoms with Gasteiger partial charge in [0, 0.05) is 44.5 Å². The van der Waals surface area contributed by atoms with Gasteiger partial charge in [-0.25, -0.2) is 4.68 Å². The predicted molar refractivity (Wildman–Crippen MR) is 102 cm³/mol. The molecule has 2 N–H and O–H groups in total. The zero-order valence-corrected chi connectivity index (χ0v) is 16.2. The molecule has 1 fully saturated rings. The highest BCUT2D eigenvalue weighted by Gasteiger charge is 2.43. The van der Waals surface area contributed by atoms with Gasteiger partial charge in [0.1, 0.15) is 6.04 Å². The van der Waals surface area contributed by atoms with E-state index in [9.17, 15) is 18.0 Å². The zero-order valence-electron chi connectivity index (χ0n) is 15.4. The standard InChI is InChI=1S/C18H22F3N5O.ClH/c1-13-6-9-26(24-13)15-4-2-14(3-5-15)17(27)23-12-16(18(19,20)21)25-10-7-22-8-11-25;/h2-6,9,16,22H,7-8,10-12H2,1H3,(H,23,27);1H. The van der Waals surface area contributed by atoms with Gasteiger partial charge in [-0.05, 0) is 37.3 Å². The number of amides is 1. The Morgan fingerprint density at radius 1 is 1.21 bits per heavy atom. The maximum Gasteiger partial charge on any atom is 0.405 e. The highest BCUT2D eigenvalue weighted by Crippen LogP contribution is 2.25. The third kappa shape index (κ3) is 5.46. The Labute approximate surface area is 167 Å². The second-order valence-electron chi connectivity index (χ2n) is 6.50. The number of carbonyl (C=O) groups is 1. The molecule has 1 aliphatic rings. The summed E-state index contributed by atoms with van der Waals surface area (Å²) in [7, 11) is 0. The number of alkyl halides is 3. The van der Waals surface area contributed by atoms with Gasteiger partial charge >= 0.3 is 6.18 Å². The number of nitrogens with zero attached hydrogens (tertiary/aromatic N) is 3. The molecule has 0 radical (unpaired) electrons. The first-order valence-electron chi connectivity index (χ1n) is 8.77. The Hall–Kier alpha value is -2.10. The number of carbonyl (C=O) groups excluding carboxylic acids is 1. The van der Waals surface area contributed by atoms with Gasteiger partial charge in [0.05, 0.1) is 11.4 Å². The number of benzene rings is 1. The Kier molecular flexibility index (Phi) is 7.45. The fraction of sp³-hybridized carbons (Fsp3) is 0.444. The van der Waals surface area contributed by atoms with Crippen LogP contribution in [0.15, 0.2) is 36.5 Å². The molecule has 1 saturated heterocycles. The molecule has 1 unspecified atom stereocenters. The van der Waals surface area contributed by atoms with E-state index < -0.39 is 24.7 Å². The number of rotatable bonds is 5. The van der Waals surface area contributed by atoms with Crippen molar-refractivity contribution < 1.29 is 18.0 Å². The summed E-state index contributed by atoms with van der Waals surface area (Å²) in [5.41, 5.74) is 1.94. The van der Waals surface area contributed by atoms with Crippen LogP contribution in [0.5, 0.6) is 0 Å². The van der Waals surface area contributed by atoms with Crippen LogP contribution in [0.3, 0.4) is 0 Å². The van der Waals surface area contributed by atoms with E-state index in [4.69, 9.17) is 0 Å². The van der Waals surface area contributed by atoms with Gasteiger partial charge in [0.15, 0.2) is 0 Å². The third-order valence-electron chi connectivity index (χ3n) is 4.54. The van der Waals surface area contributed by atoms with Gasteiger partial charge in [0.25, 0.3) is 5.91 Å². The number of hydrogen-bond donors (Lipinski definition) is 2. The van der Waals surface area contributed by atoms with Crippen molar-refractivity contribution in [2.45, 2.75) is 19.1 Å². The molecule has 1 atom stereocenters. The number of aromatic nitrogens is 2. The van der Waals surface area contributed by atoms with Crippen molar-refractivity contribution in [3.63, 3.8) is 0 Å². The number of hydrogen-bond acceptors (Lipinski definition) is 4. The molecule has 1 aromatic heterocycles. The molecule has 1 amide bonds. The molecule has 154 valence electrons. The molecule has 0 bridgehead atoms. The van der Waals surface area contributed by atoms with E-state index in [1.54, 1.807) is 35.1 Å². The smallest absolute Gasteiger partial charge is 0.350 e. The molecule has 2 aromatic rings. The molecule has 0 saturated carbocycles. The average molecular weight is 418 g/mol. The molecule has 0 aliphatic carbocycles. The van der Waals surface area contributed by atoms with Gasteiger partial charge in [-0.1, -0.05) is 0 Å². The Morgan fingerprint density at radius 2 is 1.86 bits per heavy atom. The minimum Gasteiger partial charge on any atom is -0.350 e. The summed E-state index contributed by atoms with van der Waals surface area (Å²) < 4.78 is 41.8. The first-order chi connectivity index (χ1) is 12.8.